The number of rotatable bonds is 5. The molecule has 1 saturated heterocycles. The Morgan fingerprint density at radius 2 is 2.18 bits per heavy atom. The van der Waals surface area contributed by atoms with E-state index in [1.807, 2.05) is 47.4 Å². The number of aliphatic hydroxyl groups is 1. The lowest BCUT2D eigenvalue weighted by Crippen LogP contribution is -2.55. The van der Waals surface area contributed by atoms with Crippen molar-refractivity contribution in [1.29, 1.82) is 0 Å². The van der Waals surface area contributed by atoms with Gasteiger partial charge in [0.1, 0.15) is 5.76 Å². The smallest absolute Gasteiger partial charge is 0.321 e. The third-order valence-corrected chi connectivity index (χ3v) is 5.15. The summed E-state index contributed by atoms with van der Waals surface area (Å²) < 4.78 is 5.45. The van der Waals surface area contributed by atoms with Crippen molar-refractivity contribution in [3.63, 3.8) is 0 Å². The summed E-state index contributed by atoms with van der Waals surface area (Å²) in [4.78, 5) is 21.2. The molecular formula is C21H24N4O3. The van der Waals surface area contributed by atoms with Gasteiger partial charge in [0.05, 0.1) is 18.3 Å². The molecule has 4 rings (SSSR count). The predicted octanol–water partition coefficient (Wildman–Crippen LogP) is 2.93. The van der Waals surface area contributed by atoms with Crippen molar-refractivity contribution in [3.8, 4) is 0 Å². The largest absolute Gasteiger partial charge is 0.468 e. The van der Waals surface area contributed by atoms with E-state index in [4.69, 9.17) is 4.42 Å². The average molecular weight is 380 g/mol. The van der Waals surface area contributed by atoms with Crippen molar-refractivity contribution in [2.45, 2.75) is 19.0 Å². The van der Waals surface area contributed by atoms with Gasteiger partial charge in [0, 0.05) is 49.6 Å². The molecule has 0 spiro atoms. The fraction of sp³-hybridized carbons (Fsp3) is 0.333. The minimum Gasteiger partial charge on any atom is -0.468 e. The van der Waals surface area contributed by atoms with Crippen LogP contribution in [0.3, 0.4) is 0 Å². The van der Waals surface area contributed by atoms with E-state index in [0.29, 0.717) is 26.1 Å². The van der Waals surface area contributed by atoms with Crippen LogP contribution in [0.25, 0.3) is 10.9 Å². The van der Waals surface area contributed by atoms with Crippen molar-refractivity contribution in [2.75, 3.05) is 31.6 Å². The zero-order valence-electron chi connectivity index (χ0n) is 15.6. The highest BCUT2D eigenvalue weighted by atomic mass is 16.3. The molecule has 1 aliphatic heterocycles. The Morgan fingerprint density at radius 3 is 3.00 bits per heavy atom. The monoisotopic (exact) mass is 380 g/mol. The maximum Gasteiger partial charge on any atom is 0.321 e. The molecule has 0 saturated carbocycles. The first-order valence-electron chi connectivity index (χ1n) is 9.51. The number of anilines is 1. The Hall–Kier alpha value is -2.90. The first kappa shape index (κ1) is 18.5. The third kappa shape index (κ3) is 4.16. The molecule has 0 radical (unpaired) electrons. The number of aromatic nitrogens is 1. The van der Waals surface area contributed by atoms with Gasteiger partial charge in [-0.15, -0.1) is 0 Å². The highest BCUT2D eigenvalue weighted by Crippen LogP contribution is 2.20. The Labute approximate surface area is 163 Å². The van der Waals surface area contributed by atoms with Gasteiger partial charge in [-0.2, -0.15) is 0 Å². The number of furan rings is 1. The summed E-state index contributed by atoms with van der Waals surface area (Å²) in [5.41, 5.74) is 1.65. The molecule has 1 aromatic carbocycles. The second-order valence-electron chi connectivity index (χ2n) is 7.00. The predicted molar refractivity (Wildman–Crippen MR) is 107 cm³/mol. The maximum absolute atomic E-state index is 12.8. The molecule has 0 aliphatic carbocycles. The second-order valence-corrected chi connectivity index (χ2v) is 7.00. The lowest BCUT2D eigenvalue weighted by Gasteiger charge is -2.41. The summed E-state index contributed by atoms with van der Waals surface area (Å²) >= 11 is 0. The van der Waals surface area contributed by atoms with Crippen LogP contribution in [0, 0.1) is 0 Å². The van der Waals surface area contributed by atoms with E-state index in [-0.39, 0.29) is 18.7 Å². The first-order chi connectivity index (χ1) is 13.7. The molecule has 7 heteroatoms. The highest BCUT2D eigenvalue weighted by Gasteiger charge is 2.29. The summed E-state index contributed by atoms with van der Waals surface area (Å²) in [5.74, 6) is 0.894. The number of benzene rings is 1. The Balaban J connectivity index is 1.41. The lowest BCUT2D eigenvalue weighted by atomic mass is 10.1. The van der Waals surface area contributed by atoms with Gasteiger partial charge in [-0.25, -0.2) is 4.79 Å². The van der Waals surface area contributed by atoms with Crippen molar-refractivity contribution < 1.29 is 14.3 Å². The summed E-state index contributed by atoms with van der Waals surface area (Å²) in [6.45, 7) is 2.71. The molecule has 2 aromatic heterocycles. The molecule has 1 fully saturated rings. The number of pyridine rings is 1. The number of fused-ring (bicyclic) bond motifs is 1. The van der Waals surface area contributed by atoms with E-state index in [1.54, 1.807) is 12.5 Å². The minimum absolute atomic E-state index is 0.0897. The molecule has 1 aliphatic rings. The van der Waals surface area contributed by atoms with E-state index in [9.17, 15) is 9.90 Å². The molecule has 146 valence electrons. The fourth-order valence-corrected chi connectivity index (χ4v) is 3.67. The number of piperazine rings is 1. The normalized spacial score (nSPS) is 17.8. The van der Waals surface area contributed by atoms with Gasteiger partial charge in [-0.1, -0.05) is 6.07 Å². The van der Waals surface area contributed by atoms with Crippen LogP contribution in [0.4, 0.5) is 10.5 Å². The average Bonchev–Trinajstić information content (AvgIpc) is 3.22. The van der Waals surface area contributed by atoms with Gasteiger partial charge in [-0.3, -0.25) is 9.88 Å². The topological polar surface area (TPSA) is 81.8 Å². The number of hydrogen-bond acceptors (Lipinski definition) is 5. The van der Waals surface area contributed by atoms with Gasteiger partial charge in [0.25, 0.3) is 0 Å². The van der Waals surface area contributed by atoms with E-state index < -0.39 is 0 Å². The molecule has 2 N–H and O–H groups in total. The number of nitrogens with one attached hydrogen (secondary N) is 1. The molecule has 28 heavy (non-hydrogen) atoms. The zero-order valence-corrected chi connectivity index (χ0v) is 15.6. The quantitative estimate of drug-likeness (QED) is 0.711. The van der Waals surface area contributed by atoms with Crippen LogP contribution in [0.15, 0.2) is 59.3 Å². The molecule has 3 heterocycles. The highest BCUT2D eigenvalue weighted by molar-refractivity contribution is 5.92. The third-order valence-electron chi connectivity index (χ3n) is 5.15. The summed E-state index contributed by atoms with van der Waals surface area (Å²) in [7, 11) is 0. The number of amides is 2. The van der Waals surface area contributed by atoms with Crippen molar-refractivity contribution in [3.05, 3.63) is 60.7 Å². The molecule has 2 amide bonds. The van der Waals surface area contributed by atoms with Crippen molar-refractivity contribution in [2.24, 2.45) is 0 Å². The number of urea groups is 1. The van der Waals surface area contributed by atoms with Crippen LogP contribution in [-0.2, 0) is 6.54 Å². The zero-order chi connectivity index (χ0) is 19.3. The van der Waals surface area contributed by atoms with Crippen LogP contribution in [0.1, 0.15) is 12.2 Å². The Kier molecular flexibility index (Phi) is 5.55. The van der Waals surface area contributed by atoms with Gasteiger partial charge in [-0.05, 0) is 42.8 Å². The van der Waals surface area contributed by atoms with Crippen LogP contribution < -0.4 is 5.32 Å². The number of carbonyl (C=O) groups is 1. The van der Waals surface area contributed by atoms with Crippen molar-refractivity contribution in [1.82, 2.24) is 14.8 Å². The first-order valence-corrected chi connectivity index (χ1v) is 9.51. The van der Waals surface area contributed by atoms with Crippen LogP contribution in [0.5, 0.6) is 0 Å². The molecular weight excluding hydrogens is 356 g/mol. The molecule has 7 nitrogen and oxygen atoms in total. The van der Waals surface area contributed by atoms with Gasteiger partial charge in [0.15, 0.2) is 0 Å². The Morgan fingerprint density at radius 1 is 1.25 bits per heavy atom. The lowest BCUT2D eigenvalue weighted by molar-refractivity contribution is 0.0669. The van der Waals surface area contributed by atoms with Gasteiger partial charge in [0.2, 0.25) is 0 Å². The van der Waals surface area contributed by atoms with Gasteiger partial charge < -0.3 is 19.7 Å². The van der Waals surface area contributed by atoms with Crippen LogP contribution in [0.2, 0.25) is 0 Å². The summed E-state index contributed by atoms with van der Waals surface area (Å²) in [6.07, 6.45) is 4.04. The van der Waals surface area contributed by atoms with E-state index in [2.05, 4.69) is 15.2 Å². The Bertz CT molecular complexity index is 928. The van der Waals surface area contributed by atoms with E-state index >= 15 is 0 Å². The summed E-state index contributed by atoms with van der Waals surface area (Å²) in [5, 5.41) is 13.4. The van der Waals surface area contributed by atoms with E-state index in [0.717, 1.165) is 28.9 Å². The van der Waals surface area contributed by atoms with Crippen LogP contribution >= 0.6 is 0 Å². The van der Waals surface area contributed by atoms with Gasteiger partial charge >= 0.3 is 6.03 Å². The number of nitrogens with zero attached hydrogens (tertiary/aromatic N) is 3. The van der Waals surface area contributed by atoms with Crippen LogP contribution in [-0.4, -0.2) is 58.2 Å². The number of hydrogen-bond donors (Lipinski definition) is 2. The second kappa shape index (κ2) is 8.41. The number of carbonyl (C=O) groups excluding carboxylic acids is 1. The molecule has 1 atom stereocenters. The molecule has 0 unspecified atom stereocenters. The van der Waals surface area contributed by atoms with E-state index in [1.165, 1.54) is 0 Å². The standard InChI is InChI=1S/C21H24N4O3/c26-11-7-18-14-25(10-9-24(18)15-19-4-2-12-28-19)21(27)23-17-5-6-20-16(13-17)3-1-8-22-20/h1-6,8,12-13,18,26H,7,9-11,14-15H2,(H,23,27)/t18-/m1/s1. The minimum atomic E-state index is -0.121. The molecule has 0 bridgehead atoms. The SMILES string of the molecule is O=C(Nc1ccc2ncccc2c1)N1CCN(Cc2ccco2)[C@H](CCO)C1. The summed E-state index contributed by atoms with van der Waals surface area (Å²) in [6, 6.07) is 13.3. The fourth-order valence-electron chi connectivity index (χ4n) is 3.67. The maximum atomic E-state index is 12.8. The molecule has 3 aromatic rings. The van der Waals surface area contributed by atoms with Crippen molar-refractivity contribution >= 4 is 22.6 Å². The number of aliphatic hydroxyl groups excluding tert-OH is 1.